The Hall–Kier alpha value is -5.61. The smallest absolute Gasteiger partial charge is 0.159 e. The van der Waals surface area contributed by atoms with Crippen molar-refractivity contribution in [3.63, 3.8) is 0 Å². The molecule has 2 N–H and O–H groups in total. The van der Waals surface area contributed by atoms with Crippen molar-refractivity contribution >= 4 is 34.0 Å². The van der Waals surface area contributed by atoms with Gasteiger partial charge in [-0.2, -0.15) is 0 Å². The fraction of sp³-hybridized carbons (Fsp3) is 0.119. The molecule has 3 unspecified atom stereocenters. The van der Waals surface area contributed by atoms with E-state index in [4.69, 9.17) is 4.99 Å². The molecule has 0 radical (unpaired) electrons. The van der Waals surface area contributed by atoms with Crippen LogP contribution in [0.1, 0.15) is 46.2 Å². The first-order chi connectivity index (χ1) is 22.8. The van der Waals surface area contributed by atoms with Gasteiger partial charge in [-0.15, -0.1) is 0 Å². The van der Waals surface area contributed by atoms with Crippen LogP contribution in [-0.2, 0) is 5.41 Å². The third kappa shape index (κ3) is 3.41. The lowest BCUT2D eigenvalue weighted by Crippen LogP contribution is -2.52. The van der Waals surface area contributed by atoms with E-state index in [9.17, 15) is 0 Å². The van der Waals surface area contributed by atoms with Crippen molar-refractivity contribution in [2.75, 3.05) is 10.2 Å². The van der Waals surface area contributed by atoms with Crippen LogP contribution in [0.3, 0.4) is 0 Å². The van der Waals surface area contributed by atoms with Gasteiger partial charge in [0.05, 0.1) is 22.5 Å². The number of anilines is 3. The standard InChI is InChI=1S/C42H32N4/c1-3-14-27(15-4-1)36-26-37(28-16-5-2-6-17-28)44-40(43-36)41-45-35-24-13-23-34-39(35)46(41)38-25-12-11-22-33(38)42(34)31-20-9-7-18-29(31)30-19-8-10-21-32(30)42/h1-7,9-18,20-26,40-41,43,45H,8,19H2. The van der Waals surface area contributed by atoms with Crippen LogP contribution in [0.2, 0.25) is 0 Å². The second-order valence-electron chi connectivity index (χ2n) is 12.7. The first-order valence-electron chi connectivity index (χ1n) is 16.3. The Morgan fingerprint density at radius 2 is 1.39 bits per heavy atom. The van der Waals surface area contributed by atoms with Gasteiger partial charge in [0.2, 0.25) is 0 Å². The summed E-state index contributed by atoms with van der Waals surface area (Å²) in [5, 5.41) is 7.82. The average molecular weight is 593 g/mol. The van der Waals surface area contributed by atoms with E-state index in [-0.39, 0.29) is 17.7 Å². The van der Waals surface area contributed by atoms with Crippen LogP contribution in [0, 0.1) is 0 Å². The molecule has 5 aromatic rings. The number of hydrogen-bond acceptors (Lipinski definition) is 4. The van der Waals surface area contributed by atoms with Gasteiger partial charge in [0.25, 0.3) is 0 Å². The van der Waals surface area contributed by atoms with Crippen molar-refractivity contribution in [2.24, 2.45) is 4.99 Å². The third-order valence-corrected chi connectivity index (χ3v) is 10.4. The van der Waals surface area contributed by atoms with Crippen molar-refractivity contribution in [1.82, 2.24) is 5.32 Å². The Labute approximate surface area is 269 Å². The summed E-state index contributed by atoms with van der Waals surface area (Å²) in [7, 11) is 0. The highest BCUT2D eigenvalue weighted by molar-refractivity contribution is 6.13. The highest BCUT2D eigenvalue weighted by atomic mass is 15.4. The van der Waals surface area contributed by atoms with Crippen LogP contribution in [-0.4, -0.2) is 18.0 Å². The zero-order valence-electron chi connectivity index (χ0n) is 25.3. The number of nitrogens with zero attached hydrogens (tertiary/aromatic N) is 2. The summed E-state index contributed by atoms with van der Waals surface area (Å²) in [6, 6.07) is 46.1. The van der Waals surface area contributed by atoms with Gasteiger partial charge in [-0.1, -0.05) is 127 Å². The van der Waals surface area contributed by atoms with Crippen molar-refractivity contribution in [3.8, 4) is 0 Å². The zero-order chi connectivity index (χ0) is 30.2. The molecule has 0 aromatic heterocycles. The monoisotopic (exact) mass is 592 g/mol. The van der Waals surface area contributed by atoms with Gasteiger partial charge in [-0.25, -0.2) is 0 Å². The second kappa shape index (κ2) is 9.69. The van der Waals surface area contributed by atoms with Crippen LogP contribution in [0.25, 0.3) is 11.3 Å². The lowest BCUT2D eigenvalue weighted by Gasteiger charge is -2.46. The van der Waals surface area contributed by atoms with E-state index in [0.29, 0.717) is 0 Å². The molecule has 5 aliphatic rings. The minimum Gasteiger partial charge on any atom is -0.360 e. The van der Waals surface area contributed by atoms with E-state index in [0.717, 1.165) is 41.1 Å². The van der Waals surface area contributed by atoms with E-state index < -0.39 is 0 Å². The molecule has 220 valence electrons. The topological polar surface area (TPSA) is 39.7 Å². The van der Waals surface area contributed by atoms with Crippen molar-refractivity contribution in [1.29, 1.82) is 0 Å². The largest absolute Gasteiger partial charge is 0.360 e. The summed E-state index contributed by atoms with van der Waals surface area (Å²) >= 11 is 0. The minimum absolute atomic E-state index is 0.146. The molecular weight excluding hydrogens is 560 g/mol. The van der Waals surface area contributed by atoms with Crippen molar-refractivity contribution < 1.29 is 0 Å². The quantitative estimate of drug-likeness (QED) is 0.220. The molecule has 4 nitrogen and oxygen atoms in total. The fourth-order valence-electron chi connectivity index (χ4n) is 8.57. The Balaban J connectivity index is 1.18. The molecule has 46 heavy (non-hydrogen) atoms. The minimum atomic E-state index is -0.370. The SMILES string of the molecule is C1=CC2=C(CC1)c1ccccc1C21c2ccccc2N2c3c(cccc31)NC2C1N=C(c2ccccc2)C=C(c2ccccc2)N1. The van der Waals surface area contributed by atoms with Gasteiger partial charge in [-0.3, -0.25) is 4.99 Å². The van der Waals surface area contributed by atoms with Gasteiger partial charge >= 0.3 is 0 Å². The summed E-state index contributed by atoms with van der Waals surface area (Å²) in [5.41, 5.74) is 16.0. The molecule has 0 fully saturated rings. The molecule has 0 amide bonds. The van der Waals surface area contributed by atoms with Gasteiger partial charge < -0.3 is 15.5 Å². The highest BCUT2D eigenvalue weighted by Crippen LogP contribution is 2.65. The van der Waals surface area contributed by atoms with E-state index in [2.05, 4.69) is 161 Å². The molecule has 0 saturated carbocycles. The number of fused-ring (bicyclic) bond motifs is 8. The van der Waals surface area contributed by atoms with Gasteiger partial charge in [0.15, 0.2) is 6.17 Å². The number of allylic oxidation sites excluding steroid dienone is 5. The first-order valence-corrected chi connectivity index (χ1v) is 16.3. The summed E-state index contributed by atoms with van der Waals surface area (Å²) in [5.74, 6) is 0. The number of para-hydroxylation sites is 2. The fourth-order valence-corrected chi connectivity index (χ4v) is 8.57. The number of rotatable bonds is 3. The maximum atomic E-state index is 5.41. The Kier molecular flexibility index (Phi) is 5.41. The lowest BCUT2D eigenvalue weighted by atomic mass is 9.63. The molecule has 0 bridgehead atoms. The Bertz CT molecular complexity index is 2170. The maximum absolute atomic E-state index is 5.41. The summed E-state index contributed by atoms with van der Waals surface area (Å²) in [4.78, 5) is 7.94. The summed E-state index contributed by atoms with van der Waals surface area (Å²) in [6.07, 6.45) is 8.73. The molecule has 5 aromatic carbocycles. The van der Waals surface area contributed by atoms with Crippen LogP contribution in [0.15, 0.2) is 156 Å². The average Bonchev–Trinajstić information content (AvgIpc) is 3.67. The molecule has 2 aliphatic carbocycles. The molecule has 3 aliphatic heterocycles. The number of aliphatic imine (C=N–C) groups is 1. The lowest BCUT2D eigenvalue weighted by molar-refractivity contribution is 0.529. The van der Waals surface area contributed by atoms with E-state index in [1.165, 1.54) is 44.8 Å². The van der Waals surface area contributed by atoms with Gasteiger partial charge in [0.1, 0.15) is 6.17 Å². The van der Waals surface area contributed by atoms with Crippen LogP contribution >= 0.6 is 0 Å². The molecule has 0 saturated heterocycles. The second-order valence-corrected chi connectivity index (χ2v) is 12.7. The van der Waals surface area contributed by atoms with Gasteiger partial charge in [0, 0.05) is 11.4 Å². The first kappa shape index (κ1) is 25.7. The number of hydrogen-bond donors (Lipinski definition) is 2. The molecule has 4 heteroatoms. The number of benzene rings is 5. The Morgan fingerprint density at radius 3 is 2.24 bits per heavy atom. The molecular formula is C42H32N4. The van der Waals surface area contributed by atoms with Crippen molar-refractivity contribution in [3.05, 3.63) is 185 Å². The van der Waals surface area contributed by atoms with Gasteiger partial charge in [-0.05, 0) is 75.6 Å². The molecule has 3 atom stereocenters. The van der Waals surface area contributed by atoms with E-state index in [1.54, 1.807) is 0 Å². The third-order valence-electron chi connectivity index (χ3n) is 10.4. The summed E-state index contributed by atoms with van der Waals surface area (Å²) in [6.45, 7) is 0. The molecule has 1 spiro atoms. The predicted molar refractivity (Wildman–Crippen MR) is 188 cm³/mol. The summed E-state index contributed by atoms with van der Waals surface area (Å²) < 4.78 is 0. The zero-order valence-corrected chi connectivity index (χ0v) is 25.3. The normalized spacial score (nSPS) is 23.1. The van der Waals surface area contributed by atoms with Crippen LogP contribution in [0.4, 0.5) is 17.1 Å². The molecule has 10 rings (SSSR count). The van der Waals surface area contributed by atoms with E-state index >= 15 is 0 Å². The van der Waals surface area contributed by atoms with Crippen LogP contribution in [0.5, 0.6) is 0 Å². The number of nitrogens with one attached hydrogen (secondary N) is 2. The van der Waals surface area contributed by atoms with Crippen LogP contribution < -0.4 is 15.5 Å². The van der Waals surface area contributed by atoms with Crippen molar-refractivity contribution in [2.45, 2.75) is 30.6 Å². The molecule has 3 heterocycles. The maximum Gasteiger partial charge on any atom is 0.159 e. The predicted octanol–water partition coefficient (Wildman–Crippen LogP) is 8.80. The highest BCUT2D eigenvalue weighted by Gasteiger charge is 2.55. The van der Waals surface area contributed by atoms with E-state index in [1.807, 2.05) is 0 Å². The Morgan fingerprint density at radius 1 is 0.674 bits per heavy atom.